The Morgan fingerprint density at radius 1 is 1.00 bits per heavy atom. The van der Waals surface area contributed by atoms with Crippen molar-refractivity contribution >= 4 is 22.9 Å². The van der Waals surface area contributed by atoms with Crippen LogP contribution in [0.4, 0.5) is 36.1 Å². The third-order valence-electron chi connectivity index (χ3n) is 4.49. The van der Waals surface area contributed by atoms with Crippen molar-refractivity contribution in [2.45, 2.75) is 40.0 Å². The molecule has 0 fully saturated rings. The molecule has 1 aliphatic heterocycles. The largest absolute Gasteiger partial charge is 0.416 e. The van der Waals surface area contributed by atoms with Crippen LogP contribution < -0.4 is 21.5 Å². The molecule has 0 spiro atoms. The van der Waals surface area contributed by atoms with Crippen LogP contribution >= 0.6 is 0 Å². The molecule has 140 valence electrons. The van der Waals surface area contributed by atoms with Gasteiger partial charge in [-0.2, -0.15) is 13.2 Å². The molecule has 6 nitrogen and oxygen atoms in total. The van der Waals surface area contributed by atoms with E-state index in [4.69, 9.17) is 0 Å². The predicted octanol–water partition coefficient (Wildman–Crippen LogP) is 3.28. The van der Waals surface area contributed by atoms with Crippen molar-refractivity contribution in [2.75, 3.05) is 16.8 Å². The summed E-state index contributed by atoms with van der Waals surface area (Å²) in [4.78, 5) is 26.9. The van der Waals surface area contributed by atoms with E-state index in [0.717, 1.165) is 16.7 Å². The topological polar surface area (TPSA) is 59.3 Å². The summed E-state index contributed by atoms with van der Waals surface area (Å²) < 4.78 is 41.8. The summed E-state index contributed by atoms with van der Waals surface area (Å²) in [7, 11) is 0. The van der Waals surface area contributed by atoms with Gasteiger partial charge in [-0.15, -0.1) is 0 Å². The minimum absolute atomic E-state index is 0.179. The van der Waals surface area contributed by atoms with Gasteiger partial charge >= 0.3 is 11.9 Å². The molecule has 0 radical (unpaired) electrons. The Balaban J connectivity index is 2.33. The molecule has 0 saturated heterocycles. The van der Waals surface area contributed by atoms with Crippen molar-refractivity contribution in [3.8, 4) is 0 Å². The zero-order chi connectivity index (χ0) is 19.2. The lowest BCUT2D eigenvalue weighted by molar-refractivity contribution is -0.137. The third kappa shape index (κ3) is 2.58. The van der Waals surface area contributed by atoms with Crippen molar-refractivity contribution < 1.29 is 13.2 Å². The molecule has 1 aromatic heterocycles. The lowest BCUT2D eigenvalue weighted by atomic mass is 10.1. The van der Waals surface area contributed by atoms with E-state index in [1.807, 2.05) is 0 Å². The van der Waals surface area contributed by atoms with Crippen molar-refractivity contribution in [1.82, 2.24) is 9.13 Å². The Morgan fingerprint density at radius 2 is 1.65 bits per heavy atom. The average Bonchev–Trinajstić information content (AvgIpc) is 2.59. The second-order valence-electron chi connectivity index (χ2n) is 5.87. The lowest BCUT2D eigenvalue weighted by Crippen LogP contribution is -2.44. The number of rotatable bonds is 3. The molecule has 0 atom stereocenters. The van der Waals surface area contributed by atoms with Crippen LogP contribution in [0.3, 0.4) is 0 Å². The zero-order valence-corrected chi connectivity index (χ0v) is 14.6. The van der Waals surface area contributed by atoms with Crippen LogP contribution in [0.5, 0.6) is 0 Å². The van der Waals surface area contributed by atoms with Crippen LogP contribution in [0.2, 0.25) is 0 Å². The highest BCUT2D eigenvalue weighted by atomic mass is 19.4. The molecule has 0 amide bonds. The number of nitrogens with one attached hydrogen (secondary N) is 1. The predicted molar refractivity (Wildman–Crippen MR) is 93.7 cm³/mol. The number of alkyl halides is 3. The number of halogens is 3. The Morgan fingerprint density at radius 3 is 2.19 bits per heavy atom. The van der Waals surface area contributed by atoms with Crippen LogP contribution in [-0.4, -0.2) is 15.7 Å². The van der Waals surface area contributed by atoms with E-state index in [1.165, 1.54) is 15.5 Å². The number of anilines is 4. The Bertz CT molecular complexity index is 976. The fourth-order valence-corrected chi connectivity index (χ4v) is 3.24. The van der Waals surface area contributed by atoms with Crippen molar-refractivity contribution in [3.05, 3.63) is 44.6 Å². The summed E-state index contributed by atoms with van der Waals surface area (Å²) in [6.07, 6.45) is -4.49. The Kier molecular flexibility index (Phi) is 4.33. The van der Waals surface area contributed by atoms with Crippen LogP contribution in [-0.2, 0) is 19.3 Å². The van der Waals surface area contributed by atoms with Crippen LogP contribution in [0.15, 0.2) is 27.8 Å². The molecule has 0 bridgehead atoms. The van der Waals surface area contributed by atoms with E-state index in [9.17, 15) is 22.8 Å². The second-order valence-corrected chi connectivity index (χ2v) is 5.87. The molecular formula is C17H19F3N4O2. The van der Waals surface area contributed by atoms with E-state index in [1.54, 1.807) is 20.8 Å². The highest BCUT2D eigenvalue weighted by Gasteiger charge is 2.34. The number of aromatic nitrogens is 2. The van der Waals surface area contributed by atoms with Gasteiger partial charge in [0.1, 0.15) is 11.5 Å². The first-order chi connectivity index (χ1) is 12.2. The summed E-state index contributed by atoms with van der Waals surface area (Å²) >= 11 is 0. The van der Waals surface area contributed by atoms with Gasteiger partial charge in [0, 0.05) is 19.6 Å². The second kappa shape index (κ2) is 6.22. The molecule has 1 aromatic carbocycles. The summed E-state index contributed by atoms with van der Waals surface area (Å²) in [6, 6.07) is 3.32. The van der Waals surface area contributed by atoms with E-state index >= 15 is 0 Å². The molecule has 3 rings (SSSR count). The Hall–Kier alpha value is -2.71. The SMILES string of the molecule is CCN1c2cc(C(F)(F)F)ccc2Nc2c1c(=O)n(CC)c(=O)n2CC. The molecule has 0 saturated carbocycles. The summed E-state index contributed by atoms with van der Waals surface area (Å²) in [6.45, 7) is 5.98. The number of hydrogen-bond acceptors (Lipinski definition) is 4. The van der Waals surface area contributed by atoms with Gasteiger partial charge in [0.25, 0.3) is 5.56 Å². The summed E-state index contributed by atoms with van der Waals surface area (Å²) in [5.74, 6) is 0.307. The molecule has 1 aliphatic rings. The van der Waals surface area contributed by atoms with Gasteiger partial charge in [0.2, 0.25) is 0 Å². The number of hydrogen-bond donors (Lipinski definition) is 1. The molecule has 0 unspecified atom stereocenters. The van der Waals surface area contributed by atoms with Crippen LogP contribution in [0, 0.1) is 0 Å². The first-order valence-electron chi connectivity index (χ1n) is 8.37. The lowest BCUT2D eigenvalue weighted by Gasteiger charge is -2.34. The minimum Gasteiger partial charge on any atom is -0.338 e. The molecule has 2 aromatic rings. The third-order valence-corrected chi connectivity index (χ3v) is 4.49. The molecular weight excluding hydrogens is 349 g/mol. The van der Waals surface area contributed by atoms with Gasteiger partial charge in [-0.3, -0.25) is 13.9 Å². The minimum atomic E-state index is -4.49. The average molecular weight is 368 g/mol. The zero-order valence-electron chi connectivity index (χ0n) is 14.6. The van der Waals surface area contributed by atoms with E-state index in [-0.39, 0.29) is 24.5 Å². The maximum Gasteiger partial charge on any atom is 0.416 e. The monoisotopic (exact) mass is 368 g/mol. The van der Waals surface area contributed by atoms with Crippen LogP contribution in [0.25, 0.3) is 0 Å². The Labute approximate surface area is 147 Å². The van der Waals surface area contributed by atoms with Crippen molar-refractivity contribution in [2.24, 2.45) is 0 Å². The first kappa shape index (κ1) is 18.1. The van der Waals surface area contributed by atoms with Gasteiger partial charge < -0.3 is 10.2 Å². The fraction of sp³-hybridized carbons (Fsp3) is 0.412. The maximum absolute atomic E-state index is 13.1. The number of nitrogens with zero attached hydrogens (tertiary/aromatic N) is 3. The van der Waals surface area contributed by atoms with Crippen molar-refractivity contribution in [1.29, 1.82) is 0 Å². The fourth-order valence-electron chi connectivity index (χ4n) is 3.24. The molecule has 0 aliphatic carbocycles. The smallest absolute Gasteiger partial charge is 0.338 e. The van der Waals surface area contributed by atoms with Crippen LogP contribution in [0.1, 0.15) is 26.3 Å². The molecule has 1 N–H and O–H groups in total. The summed E-state index contributed by atoms with van der Waals surface area (Å²) in [5, 5.41) is 2.98. The van der Waals surface area contributed by atoms with E-state index < -0.39 is 23.0 Å². The number of fused-ring (bicyclic) bond motifs is 2. The van der Waals surface area contributed by atoms with Crippen molar-refractivity contribution in [3.63, 3.8) is 0 Å². The van der Waals surface area contributed by atoms with E-state index in [0.29, 0.717) is 18.1 Å². The summed E-state index contributed by atoms with van der Waals surface area (Å²) in [5.41, 5.74) is -0.895. The highest BCUT2D eigenvalue weighted by Crippen LogP contribution is 2.43. The maximum atomic E-state index is 13.1. The first-order valence-corrected chi connectivity index (χ1v) is 8.37. The molecule has 9 heteroatoms. The normalized spacial score (nSPS) is 13.2. The highest BCUT2D eigenvalue weighted by molar-refractivity contribution is 5.90. The molecule has 26 heavy (non-hydrogen) atoms. The van der Waals surface area contributed by atoms with Gasteiger partial charge in [-0.25, -0.2) is 4.79 Å². The standard InChI is InChI=1S/C17H19F3N4O2/c1-4-22-12-9-10(17(18,19)20)7-8-11(12)21-14-13(22)15(25)24(6-3)16(26)23(14)5-2/h7-9,21H,4-6H2,1-3H3. The van der Waals surface area contributed by atoms with E-state index in [2.05, 4.69) is 5.32 Å². The van der Waals surface area contributed by atoms with Gasteiger partial charge in [-0.1, -0.05) is 0 Å². The van der Waals surface area contributed by atoms with Gasteiger partial charge in [-0.05, 0) is 39.0 Å². The van der Waals surface area contributed by atoms with Gasteiger partial charge in [0.15, 0.2) is 0 Å². The quantitative estimate of drug-likeness (QED) is 0.903. The molecule has 2 heterocycles. The number of benzene rings is 1. The van der Waals surface area contributed by atoms with Gasteiger partial charge in [0.05, 0.1) is 16.9 Å².